The van der Waals surface area contributed by atoms with Crippen LogP contribution in [0.5, 0.6) is 0 Å². The van der Waals surface area contributed by atoms with Crippen LogP contribution in [-0.4, -0.2) is 26.2 Å². The Morgan fingerprint density at radius 1 is 1.19 bits per heavy atom. The first kappa shape index (κ1) is 16.2. The Kier molecular flexibility index (Phi) is 4.06. The van der Waals surface area contributed by atoms with Crippen LogP contribution >= 0.6 is 11.6 Å². The van der Waals surface area contributed by atoms with E-state index in [2.05, 4.69) is 20.4 Å². The Labute approximate surface area is 152 Å². The lowest BCUT2D eigenvalue weighted by molar-refractivity contribution is -0.105. The van der Waals surface area contributed by atoms with Gasteiger partial charge in [0, 0.05) is 35.2 Å². The van der Waals surface area contributed by atoms with E-state index in [1.807, 2.05) is 6.07 Å². The normalized spacial score (nSPS) is 10.8. The summed E-state index contributed by atoms with van der Waals surface area (Å²) in [6.07, 6.45) is 5.46. The van der Waals surface area contributed by atoms with E-state index >= 15 is 0 Å². The maximum Gasteiger partial charge on any atom is 0.211 e. The minimum Gasteiger partial charge on any atom is -0.329 e. The second-order valence-corrected chi connectivity index (χ2v) is 5.88. The molecule has 4 rings (SSSR count). The standard InChI is InChI=1S/C18H11ClFN5O/c19-14-2-1-5-21-17(14)11-6-12-9-25(24-18(12)22-8-11)16-7-13(23-10-26)3-4-15(16)20/h1-10H,(H,23,26). The van der Waals surface area contributed by atoms with Gasteiger partial charge in [-0.25, -0.2) is 14.1 Å². The molecule has 1 aromatic carbocycles. The van der Waals surface area contributed by atoms with Crippen molar-refractivity contribution in [2.24, 2.45) is 0 Å². The number of rotatable bonds is 4. The monoisotopic (exact) mass is 367 g/mol. The largest absolute Gasteiger partial charge is 0.329 e. The Morgan fingerprint density at radius 2 is 2.08 bits per heavy atom. The lowest BCUT2D eigenvalue weighted by Crippen LogP contribution is -2.01. The Morgan fingerprint density at radius 3 is 2.88 bits per heavy atom. The van der Waals surface area contributed by atoms with E-state index in [0.717, 1.165) is 5.56 Å². The number of halogens is 2. The molecule has 4 aromatic rings. The quantitative estimate of drug-likeness (QED) is 0.556. The number of fused-ring (bicyclic) bond motifs is 1. The van der Waals surface area contributed by atoms with Gasteiger partial charge in [-0.1, -0.05) is 11.6 Å². The minimum absolute atomic E-state index is 0.201. The van der Waals surface area contributed by atoms with E-state index in [4.69, 9.17) is 11.6 Å². The summed E-state index contributed by atoms with van der Waals surface area (Å²) in [4.78, 5) is 19.2. The number of amides is 1. The molecule has 6 nitrogen and oxygen atoms in total. The first-order valence-electron chi connectivity index (χ1n) is 7.62. The zero-order valence-corrected chi connectivity index (χ0v) is 14.0. The molecule has 0 aliphatic carbocycles. The van der Waals surface area contributed by atoms with Crippen LogP contribution in [0.25, 0.3) is 28.0 Å². The number of pyridine rings is 2. The van der Waals surface area contributed by atoms with Crippen LogP contribution < -0.4 is 5.32 Å². The van der Waals surface area contributed by atoms with Crippen molar-refractivity contribution in [3.05, 3.63) is 65.8 Å². The fourth-order valence-corrected chi connectivity index (χ4v) is 2.84. The molecule has 0 aliphatic heterocycles. The van der Waals surface area contributed by atoms with Crippen molar-refractivity contribution in [3.63, 3.8) is 0 Å². The summed E-state index contributed by atoms with van der Waals surface area (Å²) in [5.41, 5.74) is 2.46. The van der Waals surface area contributed by atoms with Gasteiger partial charge in [0.05, 0.1) is 10.7 Å². The summed E-state index contributed by atoms with van der Waals surface area (Å²) in [5.74, 6) is -0.470. The topological polar surface area (TPSA) is 72.7 Å². The van der Waals surface area contributed by atoms with Crippen molar-refractivity contribution >= 4 is 34.7 Å². The van der Waals surface area contributed by atoms with Gasteiger partial charge in [-0.15, -0.1) is 5.10 Å². The maximum absolute atomic E-state index is 14.2. The summed E-state index contributed by atoms with van der Waals surface area (Å²) in [6, 6.07) is 9.56. The SMILES string of the molecule is O=CNc1ccc(F)c(-n2cc3cc(-c4ncccc4Cl)cnc3n2)c1. The average molecular weight is 368 g/mol. The van der Waals surface area contributed by atoms with Crippen LogP contribution in [0, 0.1) is 5.82 Å². The predicted molar refractivity (Wildman–Crippen MR) is 96.8 cm³/mol. The Balaban J connectivity index is 1.81. The lowest BCUT2D eigenvalue weighted by atomic mass is 10.1. The molecule has 0 radical (unpaired) electrons. The Hall–Kier alpha value is -3.32. The van der Waals surface area contributed by atoms with E-state index in [0.29, 0.717) is 33.8 Å². The first-order chi connectivity index (χ1) is 12.7. The summed E-state index contributed by atoms with van der Waals surface area (Å²) in [7, 11) is 0. The van der Waals surface area contributed by atoms with Crippen molar-refractivity contribution in [2.75, 3.05) is 5.32 Å². The molecule has 3 aromatic heterocycles. The number of nitrogens with zero attached hydrogens (tertiary/aromatic N) is 4. The molecule has 128 valence electrons. The number of anilines is 1. The molecular weight excluding hydrogens is 357 g/mol. The van der Waals surface area contributed by atoms with Gasteiger partial charge in [0.2, 0.25) is 6.41 Å². The number of carbonyl (C=O) groups excluding carboxylic acids is 1. The first-order valence-corrected chi connectivity index (χ1v) is 8.00. The molecule has 0 saturated heterocycles. The third-order valence-electron chi connectivity index (χ3n) is 3.81. The zero-order valence-electron chi connectivity index (χ0n) is 13.2. The highest BCUT2D eigenvalue weighted by molar-refractivity contribution is 6.33. The van der Waals surface area contributed by atoms with E-state index in [-0.39, 0.29) is 5.69 Å². The van der Waals surface area contributed by atoms with E-state index < -0.39 is 5.82 Å². The van der Waals surface area contributed by atoms with Crippen molar-refractivity contribution < 1.29 is 9.18 Å². The molecule has 0 saturated carbocycles. The molecule has 8 heteroatoms. The van der Waals surface area contributed by atoms with Gasteiger partial charge in [-0.2, -0.15) is 0 Å². The summed E-state index contributed by atoms with van der Waals surface area (Å²) in [5, 5.41) is 8.01. The van der Waals surface area contributed by atoms with Crippen LogP contribution in [-0.2, 0) is 4.79 Å². The molecular formula is C18H11ClFN5O. The predicted octanol–water partition coefficient (Wildman–Crippen LogP) is 3.84. The van der Waals surface area contributed by atoms with Crippen molar-refractivity contribution in [1.82, 2.24) is 19.7 Å². The van der Waals surface area contributed by atoms with Crippen LogP contribution in [0.1, 0.15) is 0 Å². The number of aromatic nitrogens is 4. The van der Waals surface area contributed by atoms with Crippen LogP contribution in [0.3, 0.4) is 0 Å². The van der Waals surface area contributed by atoms with Crippen molar-refractivity contribution in [3.8, 4) is 16.9 Å². The molecule has 3 heterocycles. The Bertz CT molecular complexity index is 1130. The molecule has 0 spiro atoms. The van der Waals surface area contributed by atoms with Gasteiger partial charge in [0.25, 0.3) is 0 Å². The molecule has 1 N–H and O–H groups in total. The highest BCUT2D eigenvalue weighted by Gasteiger charge is 2.12. The molecule has 0 atom stereocenters. The third kappa shape index (κ3) is 2.89. The third-order valence-corrected chi connectivity index (χ3v) is 4.11. The van der Waals surface area contributed by atoms with Gasteiger partial charge >= 0.3 is 0 Å². The number of benzene rings is 1. The molecule has 0 unspecified atom stereocenters. The van der Waals surface area contributed by atoms with Crippen molar-refractivity contribution in [1.29, 1.82) is 0 Å². The fourth-order valence-electron chi connectivity index (χ4n) is 2.61. The molecule has 0 aliphatic rings. The van der Waals surface area contributed by atoms with E-state index in [1.54, 1.807) is 30.7 Å². The van der Waals surface area contributed by atoms with Gasteiger partial charge < -0.3 is 5.32 Å². The second kappa shape index (κ2) is 6.53. The van der Waals surface area contributed by atoms with E-state index in [9.17, 15) is 9.18 Å². The minimum atomic E-state index is -0.470. The van der Waals surface area contributed by atoms with Gasteiger partial charge in [-0.3, -0.25) is 9.78 Å². The smallest absolute Gasteiger partial charge is 0.211 e. The van der Waals surface area contributed by atoms with Gasteiger partial charge in [0.15, 0.2) is 5.65 Å². The lowest BCUT2D eigenvalue weighted by Gasteiger charge is -2.05. The second-order valence-electron chi connectivity index (χ2n) is 5.47. The van der Waals surface area contributed by atoms with Crippen LogP contribution in [0.2, 0.25) is 5.02 Å². The molecule has 0 fully saturated rings. The molecule has 0 bridgehead atoms. The van der Waals surface area contributed by atoms with Crippen molar-refractivity contribution in [2.45, 2.75) is 0 Å². The summed E-state index contributed by atoms with van der Waals surface area (Å²) >= 11 is 6.18. The number of hydrogen-bond acceptors (Lipinski definition) is 4. The number of carbonyl (C=O) groups is 1. The summed E-state index contributed by atoms with van der Waals surface area (Å²) < 4.78 is 15.6. The molecule has 1 amide bonds. The maximum atomic E-state index is 14.2. The van der Waals surface area contributed by atoms with Gasteiger partial charge in [-0.05, 0) is 36.4 Å². The van der Waals surface area contributed by atoms with Gasteiger partial charge in [0.1, 0.15) is 11.5 Å². The average Bonchev–Trinajstić information content (AvgIpc) is 3.07. The highest BCUT2D eigenvalue weighted by Crippen LogP contribution is 2.27. The summed E-state index contributed by atoms with van der Waals surface area (Å²) in [6.45, 7) is 0. The zero-order chi connectivity index (χ0) is 18.1. The van der Waals surface area contributed by atoms with E-state index in [1.165, 1.54) is 22.9 Å². The van der Waals surface area contributed by atoms with Crippen LogP contribution in [0.15, 0.2) is 55.0 Å². The number of hydrogen-bond donors (Lipinski definition) is 1. The van der Waals surface area contributed by atoms with Crippen LogP contribution in [0.4, 0.5) is 10.1 Å². The number of nitrogens with one attached hydrogen (secondary N) is 1. The fraction of sp³-hybridized carbons (Fsp3) is 0. The highest BCUT2D eigenvalue weighted by atomic mass is 35.5. The molecule has 26 heavy (non-hydrogen) atoms.